The van der Waals surface area contributed by atoms with Gasteiger partial charge in [0.05, 0.1) is 18.6 Å². The van der Waals surface area contributed by atoms with Crippen LogP contribution in [-0.4, -0.2) is 28.1 Å². The molecule has 1 aliphatic rings. The number of benzene rings is 2. The molecule has 0 spiro atoms. The van der Waals surface area contributed by atoms with Crippen molar-refractivity contribution in [1.29, 1.82) is 0 Å². The lowest BCUT2D eigenvalue weighted by Gasteiger charge is -2.13. The van der Waals surface area contributed by atoms with Crippen molar-refractivity contribution in [1.82, 2.24) is 9.88 Å². The standard InChI is InChI=1S/C24H18Cl2N2O4S/c1-31-21-10-16(2-5-20(21)32-14-15-6-8-27-9-7-15)11-22-23(29)28(24(30)33-22)13-17-3-4-18(25)12-19(17)26/h2-12H,13-14H2,1H3/b22-11+. The molecule has 6 nitrogen and oxygen atoms in total. The summed E-state index contributed by atoms with van der Waals surface area (Å²) in [5.74, 6) is 0.704. The Bertz CT molecular complexity index is 1230. The largest absolute Gasteiger partial charge is 0.493 e. The van der Waals surface area contributed by atoms with Gasteiger partial charge in [0.1, 0.15) is 6.61 Å². The second-order valence-electron chi connectivity index (χ2n) is 7.06. The third-order valence-electron chi connectivity index (χ3n) is 4.85. The van der Waals surface area contributed by atoms with Crippen molar-refractivity contribution in [2.24, 2.45) is 0 Å². The van der Waals surface area contributed by atoms with Crippen LogP contribution in [0.25, 0.3) is 6.08 Å². The summed E-state index contributed by atoms with van der Waals surface area (Å²) < 4.78 is 11.3. The summed E-state index contributed by atoms with van der Waals surface area (Å²) in [5.41, 5.74) is 2.32. The zero-order valence-corrected chi connectivity index (χ0v) is 19.8. The summed E-state index contributed by atoms with van der Waals surface area (Å²) in [6.07, 6.45) is 5.06. The number of amides is 2. The summed E-state index contributed by atoms with van der Waals surface area (Å²) in [7, 11) is 1.54. The number of rotatable bonds is 7. The number of carbonyl (C=O) groups excluding carboxylic acids is 2. The number of nitrogens with zero attached hydrogens (tertiary/aromatic N) is 2. The number of hydrogen-bond donors (Lipinski definition) is 0. The van der Waals surface area contributed by atoms with E-state index in [2.05, 4.69) is 4.98 Å². The third-order valence-corrected chi connectivity index (χ3v) is 6.34. The van der Waals surface area contributed by atoms with E-state index >= 15 is 0 Å². The molecule has 1 fully saturated rings. The highest BCUT2D eigenvalue weighted by Crippen LogP contribution is 2.36. The smallest absolute Gasteiger partial charge is 0.293 e. The van der Waals surface area contributed by atoms with E-state index in [0.717, 1.165) is 22.2 Å². The van der Waals surface area contributed by atoms with Crippen molar-refractivity contribution < 1.29 is 19.1 Å². The summed E-state index contributed by atoms with van der Waals surface area (Å²) in [5, 5.41) is 0.527. The molecule has 0 N–H and O–H groups in total. The van der Waals surface area contributed by atoms with Crippen LogP contribution in [0.2, 0.25) is 10.0 Å². The predicted molar refractivity (Wildman–Crippen MR) is 130 cm³/mol. The molecule has 0 saturated carbocycles. The fourth-order valence-electron chi connectivity index (χ4n) is 3.14. The predicted octanol–water partition coefficient (Wildman–Crippen LogP) is 6.21. The number of ether oxygens (including phenoxy) is 2. The van der Waals surface area contributed by atoms with Crippen LogP contribution < -0.4 is 9.47 Å². The van der Waals surface area contributed by atoms with Crippen molar-refractivity contribution in [3.05, 3.63) is 92.6 Å². The number of imide groups is 1. The van der Waals surface area contributed by atoms with Crippen LogP contribution in [-0.2, 0) is 17.9 Å². The summed E-state index contributed by atoms with van der Waals surface area (Å²) in [6, 6.07) is 14.0. The second-order valence-corrected chi connectivity index (χ2v) is 8.89. The van der Waals surface area contributed by atoms with Gasteiger partial charge in [-0.25, -0.2) is 0 Å². The first-order valence-corrected chi connectivity index (χ1v) is 11.4. The molecule has 1 saturated heterocycles. The molecule has 2 heterocycles. The van der Waals surface area contributed by atoms with Crippen molar-refractivity contribution in [2.45, 2.75) is 13.2 Å². The van der Waals surface area contributed by atoms with E-state index in [1.54, 1.807) is 62.0 Å². The number of carbonyl (C=O) groups is 2. The first kappa shape index (κ1) is 23.2. The Morgan fingerprint density at radius 2 is 1.82 bits per heavy atom. The summed E-state index contributed by atoms with van der Waals surface area (Å²) >= 11 is 13.0. The van der Waals surface area contributed by atoms with Crippen LogP contribution in [0.1, 0.15) is 16.7 Å². The molecule has 0 unspecified atom stereocenters. The van der Waals surface area contributed by atoms with E-state index < -0.39 is 0 Å². The zero-order valence-electron chi connectivity index (χ0n) is 17.5. The average Bonchev–Trinajstić information content (AvgIpc) is 3.07. The molecule has 1 aromatic heterocycles. The number of aromatic nitrogens is 1. The monoisotopic (exact) mass is 500 g/mol. The number of hydrogen-bond acceptors (Lipinski definition) is 6. The minimum atomic E-state index is -0.381. The molecule has 2 aromatic carbocycles. The van der Waals surface area contributed by atoms with Crippen LogP contribution in [0.4, 0.5) is 4.79 Å². The number of pyridine rings is 1. The fourth-order valence-corrected chi connectivity index (χ4v) is 4.45. The van der Waals surface area contributed by atoms with Crippen LogP contribution in [0, 0.1) is 0 Å². The Morgan fingerprint density at radius 1 is 1.03 bits per heavy atom. The van der Waals surface area contributed by atoms with Crippen LogP contribution in [0.5, 0.6) is 11.5 Å². The SMILES string of the molecule is COc1cc(/C=C2/SC(=O)N(Cc3ccc(Cl)cc3Cl)C2=O)ccc1OCc1ccncc1. The molecule has 4 rings (SSSR count). The van der Waals surface area contributed by atoms with E-state index in [0.29, 0.717) is 44.2 Å². The Morgan fingerprint density at radius 3 is 2.55 bits per heavy atom. The van der Waals surface area contributed by atoms with Gasteiger partial charge in [-0.1, -0.05) is 35.3 Å². The Kier molecular flexibility index (Phi) is 7.23. The van der Waals surface area contributed by atoms with Gasteiger partial charge < -0.3 is 9.47 Å². The van der Waals surface area contributed by atoms with Crippen molar-refractivity contribution in [3.63, 3.8) is 0 Å². The lowest BCUT2D eigenvalue weighted by Crippen LogP contribution is -2.27. The Labute approximate surface area is 205 Å². The van der Waals surface area contributed by atoms with E-state index in [9.17, 15) is 9.59 Å². The van der Waals surface area contributed by atoms with E-state index in [-0.39, 0.29) is 17.7 Å². The van der Waals surface area contributed by atoms with Crippen molar-refractivity contribution in [2.75, 3.05) is 7.11 Å². The molecule has 0 radical (unpaired) electrons. The molecule has 0 atom stereocenters. The quantitative estimate of drug-likeness (QED) is 0.359. The van der Waals surface area contributed by atoms with Crippen LogP contribution >= 0.6 is 35.0 Å². The van der Waals surface area contributed by atoms with Gasteiger partial charge in [0.15, 0.2) is 11.5 Å². The number of methoxy groups -OCH3 is 1. The molecule has 0 aliphatic carbocycles. The lowest BCUT2D eigenvalue weighted by molar-refractivity contribution is -0.123. The van der Waals surface area contributed by atoms with Crippen LogP contribution in [0.3, 0.4) is 0 Å². The average molecular weight is 501 g/mol. The van der Waals surface area contributed by atoms with E-state index in [1.165, 1.54) is 0 Å². The maximum Gasteiger partial charge on any atom is 0.293 e. The zero-order chi connectivity index (χ0) is 23.4. The Balaban J connectivity index is 1.49. The fraction of sp³-hybridized carbons (Fsp3) is 0.125. The highest BCUT2D eigenvalue weighted by Gasteiger charge is 2.35. The molecular formula is C24H18Cl2N2O4S. The normalized spacial score (nSPS) is 14.8. The molecule has 2 amide bonds. The highest BCUT2D eigenvalue weighted by molar-refractivity contribution is 8.18. The van der Waals surface area contributed by atoms with Gasteiger partial charge in [-0.15, -0.1) is 0 Å². The second kappa shape index (κ2) is 10.3. The van der Waals surface area contributed by atoms with E-state index in [1.807, 2.05) is 12.1 Å². The van der Waals surface area contributed by atoms with Gasteiger partial charge in [-0.05, 0) is 70.9 Å². The highest BCUT2D eigenvalue weighted by atomic mass is 35.5. The maximum atomic E-state index is 12.9. The molecule has 9 heteroatoms. The van der Waals surface area contributed by atoms with Gasteiger partial charge >= 0.3 is 0 Å². The molecule has 168 valence electrons. The summed E-state index contributed by atoms with van der Waals surface area (Å²) in [4.78, 5) is 30.8. The lowest BCUT2D eigenvalue weighted by atomic mass is 10.1. The number of halogens is 2. The molecular weight excluding hydrogens is 483 g/mol. The van der Waals surface area contributed by atoms with Gasteiger partial charge in [0.2, 0.25) is 0 Å². The molecule has 33 heavy (non-hydrogen) atoms. The van der Waals surface area contributed by atoms with E-state index in [4.69, 9.17) is 32.7 Å². The van der Waals surface area contributed by atoms with Gasteiger partial charge in [0, 0.05) is 22.4 Å². The Hall–Kier alpha value is -3.00. The van der Waals surface area contributed by atoms with Crippen LogP contribution in [0.15, 0.2) is 65.8 Å². The first-order valence-electron chi connectivity index (χ1n) is 9.83. The minimum absolute atomic E-state index is 0.0725. The van der Waals surface area contributed by atoms with Crippen molar-refractivity contribution in [3.8, 4) is 11.5 Å². The summed E-state index contributed by atoms with van der Waals surface area (Å²) in [6.45, 7) is 0.438. The van der Waals surface area contributed by atoms with Gasteiger partial charge in [-0.3, -0.25) is 19.5 Å². The number of thioether (sulfide) groups is 1. The topological polar surface area (TPSA) is 68.7 Å². The minimum Gasteiger partial charge on any atom is -0.493 e. The third kappa shape index (κ3) is 5.50. The van der Waals surface area contributed by atoms with Crippen molar-refractivity contribution >= 4 is 52.2 Å². The van der Waals surface area contributed by atoms with Gasteiger partial charge in [-0.2, -0.15) is 0 Å². The first-order chi connectivity index (χ1) is 15.9. The van der Waals surface area contributed by atoms with Gasteiger partial charge in [0.25, 0.3) is 11.1 Å². The molecule has 1 aliphatic heterocycles. The molecule has 3 aromatic rings. The maximum absolute atomic E-state index is 12.9. The molecule has 0 bridgehead atoms.